The molecule has 0 spiro atoms. The number of hydrogen-bond acceptors (Lipinski definition) is 6. The first-order valence-corrected chi connectivity index (χ1v) is 10.1. The number of amides is 2. The molecule has 1 aromatic heterocycles. The molecule has 1 fully saturated rings. The van der Waals surface area contributed by atoms with Gasteiger partial charge in [-0.3, -0.25) is 9.59 Å². The minimum Gasteiger partial charge on any atom is -0.484 e. The Labute approximate surface area is 190 Å². The zero-order valence-electron chi connectivity index (χ0n) is 16.9. The molecule has 2 aromatic rings. The maximum absolute atomic E-state index is 13.4. The lowest BCUT2D eigenvalue weighted by molar-refractivity contribution is -0.276. The average molecular weight is 491 g/mol. The number of hydrogen-bond donors (Lipinski definition) is 3. The van der Waals surface area contributed by atoms with Gasteiger partial charge in [0.25, 0.3) is 5.91 Å². The van der Waals surface area contributed by atoms with Crippen LogP contribution in [0.4, 0.5) is 23.4 Å². The highest BCUT2D eigenvalue weighted by atomic mass is 35.5. The fourth-order valence-electron chi connectivity index (χ4n) is 3.06. The monoisotopic (exact) mass is 490 g/mol. The molecule has 0 saturated carbocycles. The molecule has 33 heavy (non-hydrogen) atoms. The van der Waals surface area contributed by atoms with Gasteiger partial charge >= 0.3 is 6.36 Å². The van der Waals surface area contributed by atoms with Crippen LogP contribution < -0.4 is 25.4 Å². The zero-order valence-corrected chi connectivity index (χ0v) is 17.7. The molecule has 2 heterocycles. The van der Waals surface area contributed by atoms with Crippen molar-refractivity contribution in [2.75, 3.05) is 18.5 Å². The maximum atomic E-state index is 13.4. The highest BCUT2D eigenvalue weighted by molar-refractivity contribution is 6.30. The lowest BCUT2D eigenvalue weighted by atomic mass is 10.00. The van der Waals surface area contributed by atoms with Crippen LogP contribution in [-0.2, 0) is 9.59 Å². The number of carbonyl (C=O) groups excluding carboxylic acids is 2. The summed E-state index contributed by atoms with van der Waals surface area (Å²) in [4.78, 5) is 28.0. The highest BCUT2D eigenvalue weighted by Crippen LogP contribution is 2.22. The third-order valence-corrected chi connectivity index (χ3v) is 4.86. The topological polar surface area (TPSA) is 102 Å². The van der Waals surface area contributed by atoms with E-state index in [0.717, 1.165) is 12.1 Å². The first-order valence-electron chi connectivity index (χ1n) is 9.73. The summed E-state index contributed by atoms with van der Waals surface area (Å²) in [6, 6.07) is 6.54. The second-order valence-electron chi connectivity index (χ2n) is 7.07. The number of nitrogens with one attached hydrogen (secondary N) is 3. The van der Waals surface area contributed by atoms with Crippen molar-refractivity contribution >= 4 is 29.2 Å². The third kappa shape index (κ3) is 7.75. The Hall–Kier alpha value is -3.12. The van der Waals surface area contributed by atoms with Gasteiger partial charge in [-0.15, -0.1) is 13.2 Å². The van der Waals surface area contributed by atoms with Crippen molar-refractivity contribution in [1.82, 2.24) is 15.6 Å². The zero-order chi connectivity index (χ0) is 24.0. The van der Waals surface area contributed by atoms with E-state index in [1.807, 2.05) is 0 Å². The van der Waals surface area contributed by atoms with Crippen LogP contribution in [0.3, 0.4) is 0 Å². The van der Waals surface area contributed by atoms with Gasteiger partial charge < -0.3 is 25.4 Å². The molecule has 3 rings (SSSR count). The van der Waals surface area contributed by atoms with Crippen molar-refractivity contribution < 1.29 is 36.6 Å². The van der Waals surface area contributed by atoms with E-state index in [-0.39, 0.29) is 35.8 Å². The van der Waals surface area contributed by atoms with Gasteiger partial charge in [-0.05, 0) is 31.0 Å². The molecule has 3 N–H and O–H groups in total. The highest BCUT2D eigenvalue weighted by Gasteiger charge is 2.32. The van der Waals surface area contributed by atoms with Gasteiger partial charge in [0.1, 0.15) is 17.4 Å². The smallest absolute Gasteiger partial charge is 0.484 e. The molecule has 0 aliphatic carbocycles. The van der Waals surface area contributed by atoms with E-state index in [4.69, 9.17) is 16.3 Å². The summed E-state index contributed by atoms with van der Waals surface area (Å²) >= 11 is 5.59. The van der Waals surface area contributed by atoms with Crippen LogP contribution in [0.1, 0.15) is 12.8 Å². The van der Waals surface area contributed by atoms with Crippen LogP contribution in [0.15, 0.2) is 36.4 Å². The molecule has 1 aliphatic heterocycles. The second-order valence-corrected chi connectivity index (χ2v) is 7.47. The Morgan fingerprint density at radius 1 is 1.21 bits per heavy atom. The number of anilines is 1. The number of benzene rings is 1. The molecule has 2 amide bonds. The fraction of sp³-hybridized carbons (Fsp3) is 0.350. The third-order valence-electron chi connectivity index (χ3n) is 4.55. The largest absolute Gasteiger partial charge is 0.574 e. The van der Waals surface area contributed by atoms with Crippen molar-refractivity contribution in [2.24, 2.45) is 0 Å². The van der Waals surface area contributed by atoms with Crippen molar-refractivity contribution in [1.29, 1.82) is 0 Å². The van der Waals surface area contributed by atoms with E-state index < -0.39 is 35.9 Å². The Morgan fingerprint density at radius 3 is 2.67 bits per heavy atom. The van der Waals surface area contributed by atoms with Gasteiger partial charge in [-0.2, -0.15) is 4.98 Å². The van der Waals surface area contributed by atoms with Crippen LogP contribution in [0, 0.1) is 5.82 Å². The summed E-state index contributed by atoms with van der Waals surface area (Å²) in [5.41, 5.74) is 0. The minimum atomic E-state index is -4.89. The molecule has 2 atom stereocenters. The Kier molecular flexibility index (Phi) is 7.92. The first kappa shape index (κ1) is 24.5. The average Bonchev–Trinajstić information content (AvgIpc) is 2.74. The molecule has 0 bridgehead atoms. The van der Waals surface area contributed by atoms with Crippen LogP contribution in [0.25, 0.3) is 0 Å². The second kappa shape index (κ2) is 10.7. The SMILES string of the molecule is O=C(COc1ccc(Cl)c(F)c1)N[C@H]1CC[C@H](C(=O)Nc2cccc(OC(F)(F)F)n2)NC1. The summed E-state index contributed by atoms with van der Waals surface area (Å²) < 4.78 is 59.3. The van der Waals surface area contributed by atoms with E-state index in [1.54, 1.807) is 0 Å². The lowest BCUT2D eigenvalue weighted by Crippen LogP contribution is -2.53. The molecule has 0 unspecified atom stereocenters. The standard InChI is InChI=1S/C20H19ClF4N4O4/c21-13-6-5-12(8-14(13)22)32-10-17(30)27-11-4-7-15(26-9-11)19(31)29-16-2-1-3-18(28-16)33-20(23,24)25/h1-3,5-6,8,11,15,26H,4,7,9-10H2,(H,27,30)(H,28,29,31)/t11-,15+/m0/s1. The van der Waals surface area contributed by atoms with E-state index >= 15 is 0 Å². The van der Waals surface area contributed by atoms with Gasteiger partial charge in [0.15, 0.2) is 6.61 Å². The summed E-state index contributed by atoms with van der Waals surface area (Å²) in [6.07, 6.45) is -4.06. The predicted octanol–water partition coefficient (Wildman–Crippen LogP) is 3.03. The molecular weight excluding hydrogens is 472 g/mol. The molecule has 1 aliphatic rings. The van der Waals surface area contributed by atoms with Crippen LogP contribution >= 0.6 is 11.6 Å². The number of rotatable bonds is 7. The number of nitrogens with zero attached hydrogens (tertiary/aromatic N) is 1. The summed E-state index contributed by atoms with van der Waals surface area (Å²) in [5.74, 6) is -2.19. The summed E-state index contributed by atoms with van der Waals surface area (Å²) in [6.45, 7) is -0.0481. The molecule has 1 saturated heterocycles. The maximum Gasteiger partial charge on any atom is 0.574 e. The van der Waals surface area contributed by atoms with Gasteiger partial charge in [0.2, 0.25) is 11.8 Å². The fourth-order valence-corrected chi connectivity index (χ4v) is 3.18. The van der Waals surface area contributed by atoms with E-state index in [2.05, 4.69) is 25.7 Å². The number of pyridine rings is 1. The van der Waals surface area contributed by atoms with Gasteiger partial charge in [0.05, 0.1) is 11.1 Å². The van der Waals surface area contributed by atoms with Crippen molar-refractivity contribution in [3.63, 3.8) is 0 Å². The van der Waals surface area contributed by atoms with Gasteiger partial charge in [-0.1, -0.05) is 17.7 Å². The molecule has 1 aromatic carbocycles. The van der Waals surface area contributed by atoms with Crippen molar-refractivity contribution in [3.05, 3.63) is 47.2 Å². The number of aromatic nitrogens is 1. The van der Waals surface area contributed by atoms with E-state index in [1.165, 1.54) is 24.3 Å². The molecule has 8 nitrogen and oxygen atoms in total. The van der Waals surface area contributed by atoms with Crippen molar-refractivity contribution in [3.8, 4) is 11.6 Å². The van der Waals surface area contributed by atoms with E-state index in [9.17, 15) is 27.2 Å². The van der Waals surface area contributed by atoms with Gasteiger partial charge in [0, 0.05) is 24.7 Å². The minimum absolute atomic E-state index is 0.0585. The van der Waals surface area contributed by atoms with Crippen LogP contribution in [0.2, 0.25) is 5.02 Å². The molecular formula is C20H19ClF4N4O4. The van der Waals surface area contributed by atoms with Crippen LogP contribution in [-0.4, -0.2) is 48.4 Å². The number of ether oxygens (including phenoxy) is 2. The Morgan fingerprint density at radius 2 is 2.00 bits per heavy atom. The summed E-state index contributed by atoms with van der Waals surface area (Å²) in [7, 11) is 0. The first-order chi connectivity index (χ1) is 15.6. The normalized spacial score (nSPS) is 18.3. The Balaban J connectivity index is 1.42. The van der Waals surface area contributed by atoms with Crippen LogP contribution in [0.5, 0.6) is 11.6 Å². The van der Waals surface area contributed by atoms with E-state index in [0.29, 0.717) is 12.8 Å². The lowest BCUT2D eigenvalue weighted by Gasteiger charge is -2.29. The quantitative estimate of drug-likeness (QED) is 0.516. The number of alkyl halides is 3. The summed E-state index contributed by atoms with van der Waals surface area (Å²) in [5, 5.41) is 8.08. The number of carbonyl (C=O) groups is 2. The predicted molar refractivity (Wildman–Crippen MR) is 109 cm³/mol. The van der Waals surface area contributed by atoms with Gasteiger partial charge in [-0.25, -0.2) is 4.39 Å². The molecule has 0 radical (unpaired) electrons. The number of piperidine rings is 1. The van der Waals surface area contributed by atoms with Crippen molar-refractivity contribution in [2.45, 2.75) is 31.3 Å². The molecule has 178 valence electrons. The molecule has 13 heteroatoms. The number of halogens is 5. The Bertz CT molecular complexity index is 1000.